The molecule has 4 nitrogen and oxygen atoms in total. The molecule has 2 N–H and O–H groups in total. The number of benzene rings is 1. The van der Waals surface area contributed by atoms with Crippen molar-refractivity contribution in [1.29, 1.82) is 0 Å². The zero-order chi connectivity index (χ0) is 11.5. The van der Waals surface area contributed by atoms with E-state index in [1.54, 1.807) is 0 Å². The van der Waals surface area contributed by atoms with Crippen LogP contribution >= 0.6 is 0 Å². The van der Waals surface area contributed by atoms with E-state index in [4.69, 9.17) is 4.74 Å². The van der Waals surface area contributed by atoms with Gasteiger partial charge in [0.1, 0.15) is 11.9 Å². The minimum absolute atomic E-state index is 0.346. The number of piperazine rings is 1. The van der Waals surface area contributed by atoms with Crippen molar-refractivity contribution < 1.29 is 4.74 Å². The van der Waals surface area contributed by atoms with Crippen LogP contribution in [0.25, 0.3) is 0 Å². The lowest BCUT2D eigenvalue weighted by Crippen LogP contribution is -2.50. The zero-order valence-corrected chi connectivity index (χ0v) is 9.98. The number of nitrogens with zero attached hydrogens (tertiary/aromatic N) is 1. The van der Waals surface area contributed by atoms with Gasteiger partial charge in [0.15, 0.2) is 0 Å². The number of hydrogen-bond donors (Lipinski definition) is 2. The Kier molecular flexibility index (Phi) is 3.16. The first kappa shape index (κ1) is 10.9. The second-order valence-electron chi connectivity index (χ2n) is 4.60. The molecule has 0 atom stereocenters. The number of para-hydroxylation sites is 2. The third-order valence-electron chi connectivity index (χ3n) is 3.36. The Morgan fingerprint density at radius 3 is 2.53 bits per heavy atom. The van der Waals surface area contributed by atoms with Gasteiger partial charge in [0.25, 0.3) is 0 Å². The van der Waals surface area contributed by atoms with E-state index in [-0.39, 0.29) is 0 Å². The van der Waals surface area contributed by atoms with Gasteiger partial charge in [-0.05, 0) is 12.1 Å². The molecule has 0 bridgehead atoms. The Morgan fingerprint density at radius 1 is 1.06 bits per heavy atom. The van der Waals surface area contributed by atoms with Gasteiger partial charge in [-0.1, -0.05) is 12.1 Å². The van der Waals surface area contributed by atoms with Crippen LogP contribution in [0.5, 0.6) is 5.75 Å². The molecule has 2 heterocycles. The minimum atomic E-state index is 0.346. The molecule has 0 spiro atoms. The van der Waals surface area contributed by atoms with E-state index in [0.717, 1.165) is 45.0 Å². The van der Waals surface area contributed by atoms with Crippen LogP contribution in [0.2, 0.25) is 0 Å². The fourth-order valence-electron chi connectivity index (χ4n) is 2.25. The number of hydrogen-bond acceptors (Lipinski definition) is 4. The molecule has 2 fully saturated rings. The summed E-state index contributed by atoms with van der Waals surface area (Å²) in [6.07, 6.45) is 0.346. The molecule has 0 amide bonds. The monoisotopic (exact) mass is 233 g/mol. The molecule has 0 aromatic heterocycles. The predicted molar refractivity (Wildman–Crippen MR) is 68.8 cm³/mol. The first-order valence-electron chi connectivity index (χ1n) is 6.35. The number of ether oxygens (including phenoxy) is 1. The second-order valence-corrected chi connectivity index (χ2v) is 4.60. The fraction of sp³-hybridized carbons (Fsp3) is 0.538. The Labute approximate surface area is 102 Å². The van der Waals surface area contributed by atoms with E-state index in [1.807, 2.05) is 6.07 Å². The highest BCUT2D eigenvalue weighted by atomic mass is 16.5. The summed E-state index contributed by atoms with van der Waals surface area (Å²) < 4.78 is 6.01. The molecular formula is C13H19N3O. The van der Waals surface area contributed by atoms with E-state index in [0.29, 0.717) is 6.10 Å². The highest BCUT2D eigenvalue weighted by molar-refractivity contribution is 5.58. The first-order valence-corrected chi connectivity index (χ1v) is 6.35. The van der Waals surface area contributed by atoms with Crippen LogP contribution in [-0.4, -0.2) is 45.4 Å². The molecule has 17 heavy (non-hydrogen) atoms. The highest BCUT2D eigenvalue weighted by Gasteiger charge is 2.21. The van der Waals surface area contributed by atoms with Gasteiger partial charge in [-0.2, -0.15) is 0 Å². The van der Waals surface area contributed by atoms with Crippen molar-refractivity contribution in [1.82, 2.24) is 10.6 Å². The standard InChI is InChI=1S/C13H19N3O/c1-2-4-13(17-11-9-15-10-11)12(3-1)16-7-5-14-6-8-16/h1-4,11,14-15H,5-10H2. The van der Waals surface area contributed by atoms with E-state index >= 15 is 0 Å². The molecule has 2 aliphatic heterocycles. The Balaban J connectivity index is 1.76. The lowest BCUT2D eigenvalue weighted by Gasteiger charge is -2.33. The lowest BCUT2D eigenvalue weighted by atomic mass is 10.2. The molecule has 2 saturated heterocycles. The van der Waals surface area contributed by atoms with Gasteiger partial charge >= 0.3 is 0 Å². The van der Waals surface area contributed by atoms with Crippen molar-refractivity contribution in [3.8, 4) is 5.75 Å². The molecule has 0 saturated carbocycles. The molecule has 0 radical (unpaired) electrons. The van der Waals surface area contributed by atoms with Gasteiger partial charge in [0.05, 0.1) is 5.69 Å². The van der Waals surface area contributed by atoms with Crippen molar-refractivity contribution >= 4 is 5.69 Å². The second kappa shape index (κ2) is 4.94. The van der Waals surface area contributed by atoms with E-state index in [9.17, 15) is 0 Å². The van der Waals surface area contributed by atoms with Crippen LogP contribution in [0, 0.1) is 0 Å². The topological polar surface area (TPSA) is 36.5 Å². The normalized spacial score (nSPS) is 21.1. The molecule has 1 aromatic carbocycles. The van der Waals surface area contributed by atoms with Crippen molar-refractivity contribution in [2.75, 3.05) is 44.2 Å². The van der Waals surface area contributed by atoms with Gasteiger partial charge in [-0.25, -0.2) is 0 Å². The van der Waals surface area contributed by atoms with Gasteiger partial charge in [-0.15, -0.1) is 0 Å². The summed E-state index contributed by atoms with van der Waals surface area (Å²) >= 11 is 0. The molecule has 0 unspecified atom stereocenters. The van der Waals surface area contributed by atoms with Crippen molar-refractivity contribution in [2.45, 2.75) is 6.10 Å². The Bertz CT molecular complexity index is 373. The SMILES string of the molecule is c1ccc(N2CCNCC2)c(OC2CNC2)c1. The lowest BCUT2D eigenvalue weighted by molar-refractivity contribution is 0.142. The molecular weight excluding hydrogens is 214 g/mol. The minimum Gasteiger partial charge on any atom is -0.486 e. The van der Waals surface area contributed by atoms with Crippen molar-refractivity contribution in [2.24, 2.45) is 0 Å². The number of anilines is 1. The molecule has 92 valence electrons. The van der Waals surface area contributed by atoms with Crippen LogP contribution in [0.15, 0.2) is 24.3 Å². The highest BCUT2D eigenvalue weighted by Crippen LogP contribution is 2.29. The predicted octanol–water partition coefficient (Wildman–Crippen LogP) is 0.447. The van der Waals surface area contributed by atoms with E-state index in [2.05, 4.69) is 33.7 Å². The van der Waals surface area contributed by atoms with E-state index < -0.39 is 0 Å². The van der Waals surface area contributed by atoms with Crippen LogP contribution in [0.4, 0.5) is 5.69 Å². The van der Waals surface area contributed by atoms with Gasteiger partial charge in [0.2, 0.25) is 0 Å². The largest absolute Gasteiger partial charge is 0.486 e. The summed E-state index contributed by atoms with van der Waals surface area (Å²) in [4.78, 5) is 2.40. The fourth-order valence-corrected chi connectivity index (χ4v) is 2.25. The Morgan fingerprint density at radius 2 is 1.82 bits per heavy atom. The molecule has 3 rings (SSSR count). The van der Waals surface area contributed by atoms with Crippen molar-refractivity contribution in [3.63, 3.8) is 0 Å². The van der Waals surface area contributed by atoms with Gasteiger partial charge in [-0.3, -0.25) is 0 Å². The van der Waals surface area contributed by atoms with Crippen LogP contribution in [-0.2, 0) is 0 Å². The van der Waals surface area contributed by atoms with E-state index in [1.165, 1.54) is 5.69 Å². The maximum Gasteiger partial charge on any atom is 0.143 e. The summed E-state index contributed by atoms with van der Waals surface area (Å²) in [6, 6.07) is 8.37. The van der Waals surface area contributed by atoms with Crippen LogP contribution in [0.3, 0.4) is 0 Å². The summed E-state index contributed by atoms with van der Waals surface area (Å²) in [6.45, 7) is 6.16. The van der Waals surface area contributed by atoms with Gasteiger partial charge in [0, 0.05) is 39.3 Å². The van der Waals surface area contributed by atoms with Crippen LogP contribution in [0.1, 0.15) is 0 Å². The number of nitrogens with one attached hydrogen (secondary N) is 2. The summed E-state index contributed by atoms with van der Waals surface area (Å²) in [5.74, 6) is 1.03. The smallest absolute Gasteiger partial charge is 0.143 e. The zero-order valence-electron chi connectivity index (χ0n) is 9.98. The molecule has 1 aromatic rings. The average molecular weight is 233 g/mol. The first-order chi connectivity index (χ1) is 8.43. The third kappa shape index (κ3) is 2.37. The average Bonchev–Trinajstić information content (AvgIpc) is 2.35. The maximum atomic E-state index is 6.01. The molecule has 4 heteroatoms. The van der Waals surface area contributed by atoms with Crippen LogP contribution < -0.4 is 20.3 Å². The summed E-state index contributed by atoms with van der Waals surface area (Å²) in [5.41, 5.74) is 1.24. The van der Waals surface area contributed by atoms with Crippen molar-refractivity contribution in [3.05, 3.63) is 24.3 Å². The Hall–Kier alpha value is -1.26. The third-order valence-corrected chi connectivity index (χ3v) is 3.36. The number of rotatable bonds is 3. The quantitative estimate of drug-likeness (QED) is 0.794. The van der Waals surface area contributed by atoms with Gasteiger partial charge < -0.3 is 20.3 Å². The molecule has 0 aliphatic carbocycles. The summed E-state index contributed by atoms with van der Waals surface area (Å²) in [5, 5.41) is 6.61. The maximum absolute atomic E-state index is 6.01. The molecule has 2 aliphatic rings. The summed E-state index contributed by atoms with van der Waals surface area (Å²) in [7, 11) is 0.